The minimum absolute atomic E-state index is 0.331. The Morgan fingerprint density at radius 3 is 2.24 bits per heavy atom. The van der Waals surface area contributed by atoms with Crippen molar-refractivity contribution >= 4 is 22.6 Å². The molecule has 1 atom stereocenters. The summed E-state index contributed by atoms with van der Waals surface area (Å²) in [7, 11) is 0. The van der Waals surface area contributed by atoms with Gasteiger partial charge in [-0.1, -0.05) is 13.0 Å². The molecule has 0 spiro atoms. The lowest BCUT2D eigenvalue weighted by atomic mass is 9.98. The first-order chi connectivity index (χ1) is 10.0. The van der Waals surface area contributed by atoms with Gasteiger partial charge in [-0.3, -0.25) is 0 Å². The highest BCUT2D eigenvalue weighted by Crippen LogP contribution is 2.28. The Labute approximate surface area is 135 Å². The maximum absolute atomic E-state index is 13.5. The highest BCUT2D eigenvalue weighted by Gasteiger charge is 2.18. The molecule has 21 heavy (non-hydrogen) atoms. The SMILES string of the molecule is CCCNC(c1cc(F)cc(F)c1)c1ccc(F)cc1I. The van der Waals surface area contributed by atoms with Crippen molar-refractivity contribution < 1.29 is 13.2 Å². The lowest BCUT2D eigenvalue weighted by molar-refractivity contribution is 0.556. The van der Waals surface area contributed by atoms with Gasteiger partial charge in [-0.15, -0.1) is 0 Å². The zero-order valence-corrected chi connectivity index (χ0v) is 13.6. The molecule has 0 amide bonds. The Morgan fingerprint density at radius 2 is 1.67 bits per heavy atom. The van der Waals surface area contributed by atoms with Crippen molar-refractivity contribution in [3.05, 3.63) is 68.5 Å². The molecule has 0 bridgehead atoms. The second kappa shape index (κ2) is 7.26. The van der Waals surface area contributed by atoms with Crippen molar-refractivity contribution in [1.82, 2.24) is 5.32 Å². The Kier molecular flexibility index (Phi) is 5.64. The van der Waals surface area contributed by atoms with Crippen molar-refractivity contribution in [2.75, 3.05) is 6.54 Å². The molecule has 0 aliphatic carbocycles. The molecule has 1 unspecified atom stereocenters. The predicted octanol–water partition coefficient (Wildman–Crippen LogP) is 4.80. The van der Waals surface area contributed by atoms with Gasteiger partial charge in [-0.25, -0.2) is 13.2 Å². The van der Waals surface area contributed by atoms with Crippen LogP contribution >= 0.6 is 22.6 Å². The summed E-state index contributed by atoms with van der Waals surface area (Å²) in [6.45, 7) is 2.70. The van der Waals surface area contributed by atoms with E-state index in [1.807, 2.05) is 29.5 Å². The molecule has 0 saturated carbocycles. The van der Waals surface area contributed by atoms with Gasteiger partial charge in [-0.05, 0) is 70.9 Å². The molecule has 5 heteroatoms. The lowest BCUT2D eigenvalue weighted by Crippen LogP contribution is -2.24. The van der Waals surface area contributed by atoms with Crippen molar-refractivity contribution in [2.24, 2.45) is 0 Å². The highest BCUT2D eigenvalue weighted by atomic mass is 127. The maximum atomic E-state index is 13.5. The van der Waals surface area contributed by atoms with Crippen molar-refractivity contribution in [2.45, 2.75) is 19.4 Å². The zero-order valence-electron chi connectivity index (χ0n) is 11.5. The van der Waals surface area contributed by atoms with Crippen molar-refractivity contribution in [1.29, 1.82) is 0 Å². The standard InChI is InChI=1S/C16H15F3IN/c1-2-5-21-16(10-6-12(18)8-13(19)7-10)14-4-3-11(17)9-15(14)20/h3-4,6-9,16,21H,2,5H2,1H3. The molecular weight excluding hydrogens is 390 g/mol. The summed E-state index contributed by atoms with van der Waals surface area (Å²) >= 11 is 2.03. The number of nitrogens with one attached hydrogen (secondary N) is 1. The van der Waals surface area contributed by atoms with E-state index >= 15 is 0 Å². The van der Waals surface area contributed by atoms with Crippen LogP contribution in [0.2, 0.25) is 0 Å². The highest BCUT2D eigenvalue weighted by molar-refractivity contribution is 14.1. The Bertz CT molecular complexity index is 611. The third-order valence-electron chi connectivity index (χ3n) is 3.09. The molecule has 0 aliphatic heterocycles. The second-order valence-corrected chi connectivity index (χ2v) is 5.92. The molecule has 0 aliphatic rings. The van der Waals surface area contributed by atoms with Crippen LogP contribution in [0, 0.1) is 21.0 Å². The quantitative estimate of drug-likeness (QED) is 0.705. The summed E-state index contributed by atoms with van der Waals surface area (Å²) in [6.07, 6.45) is 0.881. The lowest BCUT2D eigenvalue weighted by Gasteiger charge is -2.21. The molecule has 2 aromatic rings. The van der Waals surface area contributed by atoms with Crippen LogP contribution in [0.5, 0.6) is 0 Å². The van der Waals surface area contributed by atoms with Crippen LogP contribution in [0.25, 0.3) is 0 Å². The normalized spacial score (nSPS) is 12.4. The van der Waals surface area contributed by atoms with E-state index in [4.69, 9.17) is 0 Å². The molecule has 0 fully saturated rings. The molecule has 0 radical (unpaired) electrons. The van der Waals surface area contributed by atoms with Gasteiger partial charge in [0.25, 0.3) is 0 Å². The monoisotopic (exact) mass is 405 g/mol. The minimum atomic E-state index is -0.620. The number of rotatable bonds is 5. The first kappa shape index (κ1) is 16.3. The van der Waals surface area contributed by atoms with E-state index in [9.17, 15) is 13.2 Å². The van der Waals surface area contributed by atoms with E-state index in [2.05, 4.69) is 5.32 Å². The summed E-state index contributed by atoms with van der Waals surface area (Å²) in [5, 5.41) is 3.26. The van der Waals surface area contributed by atoms with Crippen molar-refractivity contribution in [3.63, 3.8) is 0 Å². The van der Waals surface area contributed by atoms with E-state index < -0.39 is 11.6 Å². The molecule has 2 rings (SSSR count). The first-order valence-corrected chi connectivity index (χ1v) is 7.73. The maximum Gasteiger partial charge on any atom is 0.126 e. The van der Waals surface area contributed by atoms with Gasteiger partial charge in [0.05, 0.1) is 6.04 Å². The van der Waals surface area contributed by atoms with Crippen LogP contribution in [0.1, 0.15) is 30.5 Å². The molecule has 0 heterocycles. The number of halogens is 4. The fourth-order valence-electron chi connectivity index (χ4n) is 2.17. The largest absolute Gasteiger partial charge is 0.306 e. The Balaban J connectivity index is 2.46. The Morgan fingerprint density at radius 1 is 1.00 bits per heavy atom. The van der Waals surface area contributed by atoms with E-state index in [1.54, 1.807) is 6.07 Å². The van der Waals surface area contributed by atoms with E-state index in [0.717, 1.165) is 18.1 Å². The van der Waals surface area contributed by atoms with Gasteiger partial charge in [0.1, 0.15) is 17.5 Å². The van der Waals surface area contributed by atoms with Gasteiger partial charge in [0.15, 0.2) is 0 Å². The van der Waals surface area contributed by atoms with E-state index in [0.29, 0.717) is 15.7 Å². The summed E-state index contributed by atoms with van der Waals surface area (Å²) in [5.74, 6) is -1.57. The fourth-order valence-corrected chi connectivity index (χ4v) is 2.96. The van der Waals surface area contributed by atoms with Gasteiger partial charge in [-0.2, -0.15) is 0 Å². The summed E-state index contributed by atoms with van der Waals surface area (Å²) in [4.78, 5) is 0. The van der Waals surface area contributed by atoms with Crippen LogP contribution < -0.4 is 5.32 Å². The average Bonchev–Trinajstić information content (AvgIpc) is 2.40. The van der Waals surface area contributed by atoms with Crippen LogP contribution in [0.3, 0.4) is 0 Å². The number of hydrogen-bond donors (Lipinski definition) is 1. The van der Waals surface area contributed by atoms with Gasteiger partial charge < -0.3 is 5.32 Å². The molecular formula is C16H15F3IN. The summed E-state index contributed by atoms with van der Waals surface area (Å²) in [5.41, 5.74) is 1.29. The van der Waals surface area contributed by atoms with E-state index in [1.165, 1.54) is 24.3 Å². The van der Waals surface area contributed by atoms with Crippen LogP contribution in [0.4, 0.5) is 13.2 Å². The smallest absolute Gasteiger partial charge is 0.126 e. The van der Waals surface area contributed by atoms with Gasteiger partial charge in [0, 0.05) is 9.64 Å². The molecule has 2 aromatic carbocycles. The third-order valence-corrected chi connectivity index (χ3v) is 4.02. The summed E-state index contributed by atoms with van der Waals surface area (Å²) < 4.78 is 40.9. The predicted molar refractivity (Wildman–Crippen MR) is 85.6 cm³/mol. The topological polar surface area (TPSA) is 12.0 Å². The second-order valence-electron chi connectivity index (χ2n) is 4.76. The van der Waals surface area contributed by atoms with E-state index in [-0.39, 0.29) is 11.9 Å². The van der Waals surface area contributed by atoms with Crippen LogP contribution in [-0.2, 0) is 0 Å². The average molecular weight is 405 g/mol. The van der Waals surface area contributed by atoms with Crippen LogP contribution in [0.15, 0.2) is 36.4 Å². The number of hydrogen-bond acceptors (Lipinski definition) is 1. The molecule has 1 N–H and O–H groups in total. The molecule has 112 valence electrons. The third kappa shape index (κ3) is 4.20. The molecule has 1 nitrogen and oxygen atoms in total. The summed E-state index contributed by atoms with van der Waals surface area (Å²) in [6, 6.07) is 7.48. The van der Waals surface area contributed by atoms with Crippen LogP contribution in [-0.4, -0.2) is 6.54 Å². The molecule has 0 aromatic heterocycles. The first-order valence-electron chi connectivity index (χ1n) is 6.65. The Hall–Kier alpha value is -1.08. The minimum Gasteiger partial charge on any atom is -0.306 e. The van der Waals surface area contributed by atoms with Gasteiger partial charge >= 0.3 is 0 Å². The number of benzene rings is 2. The zero-order chi connectivity index (χ0) is 15.4. The van der Waals surface area contributed by atoms with Crippen molar-refractivity contribution in [3.8, 4) is 0 Å². The van der Waals surface area contributed by atoms with Gasteiger partial charge in [0.2, 0.25) is 0 Å². The fraction of sp³-hybridized carbons (Fsp3) is 0.250. The molecule has 0 saturated heterocycles.